The van der Waals surface area contributed by atoms with E-state index in [9.17, 15) is 4.79 Å². The highest BCUT2D eigenvalue weighted by Gasteiger charge is 2.13. The van der Waals surface area contributed by atoms with Crippen molar-refractivity contribution < 1.29 is 4.79 Å². The summed E-state index contributed by atoms with van der Waals surface area (Å²) in [5.74, 6) is -0.276. The number of nitrogens with zero attached hydrogens (tertiary/aromatic N) is 2. The van der Waals surface area contributed by atoms with Crippen LogP contribution in [-0.2, 0) is 7.05 Å². The summed E-state index contributed by atoms with van der Waals surface area (Å²) >= 11 is 11.8. The van der Waals surface area contributed by atoms with Crippen LogP contribution in [0.1, 0.15) is 16.2 Å². The summed E-state index contributed by atoms with van der Waals surface area (Å²) in [6.45, 7) is 1.82. The zero-order valence-electron chi connectivity index (χ0n) is 9.87. The maximum Gasteiger partial charge on any atom is 0.273 e. The largest absolute Gasteiger partial charge is 0.319 e. The number of anilines is 1. The number of hydrogen-bond acceptors (Lipinski definition) is 2. The number of carbonyl (C=O) groups excluding carboxylic acids is 1. The molecule has 0 saturated carbocycles. The Morgan fingerprint density at radius 1 is 1.33 bits per heavy atom. The van der Waals surface area contributed by atoms with Gasteiger partial charge in [-0.25, -0.2) is 0 Å². The van der Waals surface area contributed by atoms with Gasteiger partial charge in [-0.05, 0) is 31.2 Å². The van der Waals surface area contributed by atoms with Gasteiger partial charge in [0.05, 0.1) is 16.4 Å². The van der Waals surface area contributed by atoms with Crippen LogP contribution in [0.3, 0.4) is 0 Å². The van der Waals surface area contributed by atoms with Gasteiger partial charge < -0.3 is 5.32 Å². The van der Waals surface area contributed by atoms with E-state index in [0.717, 1.165) is 5.69 Å². The van der Waals surface area contributed by atoms with Crippen LogP contribution in [0.2, 0.25) is 10.0 Å². The molecule has 1 amide bonds. The first-order valence-electron chi connectivity index (χ1n) is 5.24. The van der Waals surface area contributed by atoms with Crippen LogP contribution in [0, 0.1) is 6.92 Å². The predicted octanol–water partition coefficient (Wildman–Crippen LogP) is 3.29. The van der Waals surface area contributed by atoms with Crippen LogP contribution in [0.25, 0.3) is 0 Å². The number of halogens is 2. The molecule has 18 heavy (non-hydrogen) atoms. The highest BCUT2D eigenvalue weighted by atomic mass is 35.5. The van der Waals surface area contributed by atoms with Gasteiger partial charge in [0.1, 0.15) is 5.69 Å². The second-order valence-electron chi connectivity index (χ2n) is 3.87. The molecular formula is C12H11Cl2N3O. The molecule has 0 saturated heterocycles. The Labute approximate surface area is 115 Å². The van der Waals surface area contributed by atoms with E-state index in [2.05, 4.69) is 10.4 Å². The summed E-state index contributed by atoms with van der Waals surface area (Å²) in [7, 11) is 1.71. The third kappa shape index (κ3) is 2.66. The van der Waals surface area contributed by atoms with Gasteiger partial charge in [0, 0.05) is 12.1 Å². The summed E-state index contributed by atoms with van der Waals surface area (Å²) in [5.41, 5.74) is 1.72. The summed E-state index contributed by atoms with van der Waals surface area (Å²) in [4.78, 5) is 12.0. The summed E-state index contributed by atoms with van der Waals surface area (Å²) in [6.07, 6.45) is 0. The molecule has 0 aliphatic rings. The molecule has 0 aliphatic heterocycles. The first-order chi connectivity index (χ1) is 8.47. The van der Waals surface area contributed by atoms with Crippen molar-refractivity contribution in [3.05, 3.63) is 45.7 Å². The summed E-state index contributed by atoms with van der Waals surface area (Å²) in [5, 5.41) is 7.76. The summed E-state index contributed by atoms with van der Waals surface area (Å²) in [6, 6.07) is 6.60. The number of aromatic nitrogens is 2. The Bertz CT molecular complexity index is 607. The van der Waals surface area contributed by atoms with Crippen LogP contribution < -0.4 is 5.32 Å². The van der Waals surface area contributed by atoms with Gasteiger partial charge >= 0.3 is 0 Å². The molecule has 0 aliphatic carbocycles. The molecule has 4 nitrogen and oxygen atoms in total. The molecule has 1 aromatic heterocycles. The lowest BCUT2D eigenvalue weighted by molar-refractivity contribution is 0.101. The van der Waals surface area contributed by atoms with Crippen LogP contribution >= 0.6 is 23.2 Å². The van der Waals surface area contributed by atoms with Gasteiger partial charge in [-0.2, -0.15) is 5.10 Å². The number of hydrogen-bond donors (Lipinski definition) is 1. The SMILES string of the molecule is Cc1cc(C(=O)Nc2cc(Cl)ccc2Cl)n(C)n1. The second kappa shape index (κ2) is 5.00. The molecular weight excluding hydrogens is 273 g/mol. The van der Waals surface area contributed by atoms with E-state index in [1.165, 1.54) is 4.68 Å². The molecule has 1 heterocycles. The normalized spacial score (nSPS) is 10.4. The number of benzene rings is 1. The van der Waals surface area contributed by atoms with Crippen LogP contribution in [0.4, 0.5) is 5.69 Å². The maximum absolute atomic E-state index is 12.0. The number of nitrogens with one attached hydrogen (secondary N) is 1. The fourth-order valence-electron chi connectivity index (χ4n) is 1.60. The van der Waals surface area contributed by atoms with Crippen LogP contribution in [0.15, 0.2) is 24.3 Å². The number of aryl methyl sites for hydroxylation is 2. The number of amides is 1. The Morgan fingerprint density at radius 3 is 2.67 bits per heavy atom. The first kappa shape index (κ1) is 12.9. The van der Waals surface area contributed by atoms with Crippen molar-refractivity contribution in [2.75, 3.05) is 5.32 Å². The fourth-order valence-corrected chi connectivity index (χ4v) is 1.94. The van der Waals surface area contributed by atoms with Crippen molar-refractivity contribution in [1.29, 1.82) is 0 Å². The fraction of sp³-hybridized carbons (Fsp3) is 0.167. The Kier molecular flexibility index (Phi) is 3.59. The van der Waals surface area contributed by atoms with Crippen molar-refractivity contribution in [3.63, 3.8) is 0 Å². The molecule has 0 spiro atoms. The van der Waals surface area contributed by atoms with Crippen molar-refractivity contribution in [3.8, 4) is 0 Å². The molecule has 94 valence electrons. The van der Waals surface area contributed by atoms with E-state index in [0.29, 0.717) is 21.4 Å². The topological polar surface area (TPSA) is 46.9 Å². The smallest absolute Gasteiger partial charge is 0.273 e. The third-order valence-corrected chi connectivity index (χ3v) is 2.98. The van der Waals surface area contributed by atoms with E-state index >= 15 is 0 Å². The average Bonchev–Trinajstić information content (AvgIpc) is 2.63. The molecule has 1 N–H and O–H groups in total. The lowest BCUT2D eigenvalue weighted by atomic mass is 10.3. The van der Waals surface area contributed by atoms with E-state index < -0.39 is 0 Å². The van der Waals surface area contributed by atoms with E-state index in [1.54, 1.807) is 31.3 Å². The lowest BCUT2D eigenvalue weighted by Crippen LogP contribution is -2.16. The molecule has 0 bridgehead atoms. The van der Waals surface area contributed by atoms with Crippen molar-refractivity contribution in [2.45, 2.75) is 6.92 Å². The Hall–Kier alpha value is -1.52. The molecule has 1 aromatic carbocycles. The van der Waals surface area contributed by atoms with Gasteiger partial charge in [-0.15, -0.1) is 0 Å². The van der Waals surface area contributed by atoms with E-state index in [1.807, 2.05) is 6.92 Å². The van der Waals surface area contributed by atoms with Gasteiger partial charge in [-0.3, -0.25) is 9.48 Å². The van der Waals surface area contributed by atoms with Crippen LogP contribution in [-0.4, -0.2) is 15.7 Å². The van der Waals surface area contributed by atoms with Crippen molar-refractivity contribution in [1.82, 2.24) is 9.78 Å². The molecule has 0 unspecified atom stereocenters. The number of carbonyl (C=O) groups is 1. The zero-order valence-corrected chi connectivity index (χ0v) is 11.4. The minimum absolute atomic E-state index is 0.276. The van der Waals surface area contributed by atoms with Crippen LogP contribution in [0.5, 0.6) is 0 Å². The standard InChI is InChI=1S/C12H11Cl2N3O/c1-7-5-11(17(2)16-7)12(18)15-10-6-8(13)3-4-9(10)14/h3-6H,1-2H3,(H,15,18). The summed E-state index contributed by atoms with van der Waals surface area (Å²) < 4.78 is 1.52. The molecule has 2 aromatic rings. The van der Waals surface area contributed by atoms with Gasteiger partial charge in [0.2, 0.25) is 0 Å². The van der Waals surface area contributed by atoms with E-state index in [-0.39, 0.29) is 5.91 Å². The first-order valence-corrected chi connectivity index (χ1v) is 6.00. The van der Waals surface area contributed by atoms with Gasteiger partial charge in [0.15, 0.2) is 0 Å². The van der Waals surface area contributed by atoms with E-state index in [4.69, 9.17) is 23.2 Å². The van der Waals surface area contributed by atoms with Gasteiger partial charge in [0.25, 0.3) is 5.91 Å². The average molecular weight is 284 g/mol. The molecule has 0 fully saturated rings. The Morgan fingerprint density at radius 2 is 2.06 bits per heavy atom. The number of rotatable bonds is 2. The molecule has 0 radical (unpaired) electrons. The molecule has 2 rings (SSSR count). The molecule has 0 atom stereocenters. The van der Waals surface area contributed by atoms with Crippen molar-refractivity contribution >= 4 is 34.8 Å². The minimum atomic E-state index is -0.276. The minimum Gasteiger partial charge on any atom is -0.319 e. The highest BCUT2D eigenvalue weighted by Crippen LogP contribution is 2.25. The Balaban J connectivity index is 2.26. The quantitative estimate of drug-likeness (QED) is 0.919. The second-order valence-corrected chi connectivity index (χ2v) is 4.72. The zero-order chi connectivity index (χ0) is 13.3. The highest BCUT2D eigenvalue weighted by molar-refractivity contribution is 6.35. The predicted molar refractivity (Wildman–Crippen MR) is 72.4 cm³/mol. The van der Waals surface area contributed by atoms with Gasteiger partial charge in [-0.1, -0.05) is 23.2 Å². The lowest BCUT2D eigenvalue weighted by Gasteiger charge is -2.07. The van der Waals surface area contributed by atoms with Crippen molar-refractivity contribution in [2.24, 2.45) is 7.05 Å². The third-order valence-electron chi connectivity index (χ3n) is 2.41. The monoisotopic (exact) mass is 283 g/mol. The maximum atomic E-state index is 12.0. The molecule has 6 heteroatoms.